The Morgan fingerprint density at radius 2 is 1.62 bits per heavy atom. The van der Waals surface area contributed by atoms with Gasteiger partial charge < -0.3 is 5.41 Å². The largest absolute Gasteiger partial charge is 0.301 e. The Bertz CT molecular complexity index is 151. The Balaban J connectivity index is 2.83. The summed E-state index contributed by atoms with van der Waals surface area (Å²) in [5, 5.41) is 7.09. The minimum Gasteiger partial charge on any atom is -0.301 e. The van der Waals surface area contributed by atoms with Gasteiger partial charge in [-0.15, -0.1) is 0 Å². The van der Waals surface area contributed by atoms with E-state index in [9.17, 15) is 0 Å². The van der Waals surface area contributed by atoms with Crippen LogP contribution in [0.15, 0.2) is 24.3 Å². The molecule has 2 heteroatoms. The molecule has 1 aliphatic rings. The van der Waals surface area contributed by atoms with Crippen LogP contribution in [0.25, 0.3) is 0 Å². The Labute approximate surface area is 49.3 Å². The molecule has 40 valence electrons. The highest BCUT2D eigenvalue weighted by atomic mass is 14.4. The van der Waals surface area contributed by atoms with Gasteiger partial charge in [0.25, 0.3) is 0 Å². The molecule has 0 heterocycles. The molecule has 0 saturated heterocycles. The van der Waals surface area contributed by atoms with Crippen molar-refractivity contribution in [1.82, 2.24) is 0 Å². The molecule has 0 aromatic heterocycles. The van der Waals surface area contributed by atoms with Crippen LogP contribution >= 0.6 is 0 Å². The minimum atomic E-state index is 0.579. The second kappa shape index (κ2) is 1.91. The van der Waals surface area contributed by atoms with E-state index in [4.69, 9.17) is 5.41 Å². The molecule has 1 rings (SSSR count). The quantitative estimate of drug-likeness (QED) is 0.416. The molecule has 1 aliphatic carbocycles. The first-order valence-electron chi connectivity index (χ1n) is 2.57. The van der Waals surface area contributed by atoms with E-state index >= 15 is 0 Å². The number of allylic oxidation sites excluding steroid dienone is 4. The minimum absolute atomic E-state index is 0.579. The number of hydrogen-bond acceptors (Lipinski definition) is 1. The van der Waals surface area contributed by atoms with Crippen molar-refractivity contribution < 1.29 is 0 Å². The molecule has 8 heavy (non-hydrogen) atoms. The topological polar surface area (TPSA) is 23.9 Å². The predicted molar refractivity (Wildman–Crippen MR) is 39.6 cm³/mol. The van der Waals surface area contributed by atoms with Crippen molar-refractivity contribution in [2.24, 2.45) is 0 Å². The van der Waals surface area contributed by atoms with Crippen LogP contribution in [0.2, 0.25) is 0 Å². The zero-order chi connectivity index (χ0) is 5.98. The maximum absolute atomic E-state index is 7.09. The van der Waals surface area contributed by atoms with E-state index in [0.717, 1.165) is 0 Å². The highest BCUT2D eigenvalue weighted by molar-refractivity contribution is 6.47. The van der Waals surface area contributed by atoms with Crippen molar-refractivity contribution in [3.05, 3.63) is 24.3 Å². The lowest BCUT2D eigenvalue weighted by Gasteiger charge is -2.01. The maximum Gasteiger partial charge on any atom is 0.0537 e. The smallest absolute Gasteiger partial charge is 0.0537 e. The summed E-state index contributed by atoms with van der Waals surface area (Å²) in [6, 6.07) is 0. The Kier molecular flexibility index (Phi) is 1.25. The lowest BCUT2D eigenvalue weighted by molar-refractivity contribution is 1.53. The first-order chi connectivity index (χ1) is 3.79. The number of nitrogens with one attached hydrogen (secondary N) is 1. The molecule has 0 aromatic rings. The van der Waals surface area contributed by atoms with E-state index in [1.807, 2.05) is 19.6 Å². The molecule has 0 fully saturated rings. The van der Waals surface area contributed by atoms with Crippen molar-refractivity contribution >= 4 is 18.7 Å². The third-order valence-electron chi connectivity index (χ3n) is 1.05. The van der Waals surface area contributed by atoms with Gasteiger partial charge in [0.15, 0.2) is 0 Å². The maximum atomic E-state index is 7.09. The van der Waals surface area contributed by atoms with Gasteiger partial charge in [0.1, 0.15) is 0 Å². The second-order valence-corrected chi connectivity index (χ2v) is 1.87. The van der Waals surface area contributed by atoms with Crippen molar-refractivity contribution in [2.75, 3.05) is 0 Å². The van der Waals surface area contributed by atoms with Crippen LogP contribution in [0.5, 0.6) is 0 Å². The molecule has 0 aliphatic heterocycles. The van der Waals surface area contributed by atoms with E-state index in [2.05, 4.69) is 0 Å². The van der Waals surface area contributed by atoms with Gasteiger partial charge in [0, 0.05) is 0 Å². The highest BCUT2D eigenvalue weighted by Crippen LogP contribution is 1.90. The first-order valence-corrected chi connectivity index (χ1v) is 2.57. The molecular formula is C6H7BN-. The summed E-state index contributed by atoms with van der Waals surface area (Å²) in [6.07, 6.45) is 7.44. The molecule has 0 amide bonds. The fraction of sp³-hybridized carbons (Fsp3) is 0. The first kappa shape index (κ1) is 5.23. The molecule has 0 radical (unpaired) electrons. The molecule has 0 unspecified atom stereocenters. The molecular weight excluding hydrogens is 96.9 g/mol. The van der Waals surface area contributed by atoms with Crippen LogP contribution in [0.4, 0.5) is 0 Å². The average Bonchev–Trinajstić information content (AvgIpc) is 1.77. The monoisotopic (exact) mass is 104 g/mol. The van der Waals surface area contributed by atoms with Crippen LogP contribution in [0.1, 0.15) is 0 Å². The van der Waals surface area contributed by atoms with E-state index in [1.54, 1.807) is 12.2 Å². The van der Waals surface area contributed by atoms with Crippen LogP contribution in [-0.2, 0) is 0 Å². The molecule has 0 spiro atoms. The fourth-order valence-corrected chi connectivity index (χ4v) is 0.554. The number of hydrogen-bond donors (Lipinski definition) is 1. The molecule has 0 aromatic carbocycles. The van der Waals surface area contributed by atoms with E-state index in [0.29, 0.717) is 5.71 Å². The Morgan fingerprint density at radius 3 is 2.00 bits per heavy atom. The Hall–Kier alpha value is -0.915. The van der Waals surface area contributed by atoms with E-state index < -0.39 is 0 Å². The van der Waals surface area contributed by atoms with Gasteiger partial charge >= 0.3 is 0 Å². The van der Waals surface area contributed by atoms with E-state index in [-0.39, 0.29) is 0 Å². The predicted octanol–water partition coefficient (Wildman–Crippen LogP) is -0.0623. The van der Waals surface area contributed by atoms with Gasteiger partial charge in [-0.05, 0) is 12.2 Å². The van der Waals surface area contributed by atoms with Crippen molar-refractivity contribution in [2.45, 2.75) is 0 Å². The summed E-state index contributed by atoms with van der Waals surface area (Å²) in [4.78, 5) is 0. The summed E-state index contributed by atoms with van der Waals surface area (Å²) >= 11 is 0. The van der Waals surface area contributed by atoms with Gasteiger partial charge in [-0.25, -0.2) is 5.46 Å². The van der Waals surface area contributed by atoms with Crippen molar-refractivity contribution in [3.8, 4) is 0 Å². The summed E-state index contributed by atoms with van der Waals surface area (Å²) in [7, 11) is 2.01. The van der Waals surface area contributed by atoms with E-state index in [1.165, 1.54) is 5.46 Å². The molecule has 0 atom stereocenters. The molecule has 0 bridgehead atoms. The summed E-state index contributed by atoms with van der Waals surface area (Å²) < 4.78 is 0. The van der Waals surface area contributed by atoms with Crippen LogP contribution < -0.4 is 0 Å². The van der Waals surface area contributed by atoms with Crippen molar-refractivity contribution in [1.29, 1.82) is 5.41 Å². The van der Waals surface area contributed by atoms with Gasteiger partial charge in [-0.2, -0.15) is 7.49 Å². The lowest BCUT2D eigenvalue weighted by Crippen LogP contribution is -1.97. The van der Waals surface area contributed by atoms with Gasteiger partial charge in [-0.1, -0.05) is 12.2 Å². The summed E-state index contributed by atoms with van der Waals surface area (Å²) in [5.74, 6) is 0. The standard InChI is InChI=1S/C6H7BN/c7-5-1-3-6(8)4-2-5/h1-4,8H,7H2/q-1. The molecule has 1 nitrogen and oxygen atoms in total. The van der Waals surface area contributed by atoms with Crippen LogP contribution in [0, 0.1) is 5.41 Å². The van der Waals surface area contributed by atoms with Crippen LogP contribution in [-0.4, -0.2) is 18.7 Å². The summed E-state index contributed by atoms with van der Waals surface area (Å²) in [5.41, 5.74) is 1.79. The summed E-state index contributed by atoms with van der Waals surface area (Å²) in [6.45, 7) is 0. The fourth-order valence-electron chi connectivity index (χ4n) is 0.554. The molecule has 0 saturated carbocycles. The normalized spacial score (nSPS) is 17.5. The average molecular weight is 104 g/mol. The Morgan fingerprint density at radius 1 is 1.12 bits per heavy atom. The lowest BCUT2D eigenvalue weighted by atomic mass is 10.0. The third kappa shape index (κ3) is 1.03. The highest BCUT2D eigenvalue weighted by Gasteiger charge is 1.84. The number of rotatable bonds is 0. The third-order valence-corrected chi connectivity index (χ3v) is 1.05. The zero-order valence-corrected chi connectivity index (χ0v) is 4.81. The second-order valence-electron chi connectivity index (χ2n) is 1.87. The van der Waals surface area contributed by atoms with Gasteiger partial charge in [0.2, 0.25) is 0 Å². The van der Waals surface area contributed by atoms with Crippen LogP contribution in [0.3, 0.4) is 0 Å². The molecule has 1 N–H and O–H groups in total. The van der Waals surface area contributed by atoms with Gasteiger partial charge in [0.05, 0.1) is 5.71 Å². The van der Waals surface area contributed by atoms with Crippen molar-refractivity contribution in [3.63, 3.8) is 0 Å². The zero-order valence-electron chi connectivity index (χ0n) is 4.81. The SMILES string of the molecule is [BH2-]=C1C=CC(=N)C=C1. The van der Waals surface area contributed by atoms with Gasteiger partial charge in [-0.3, -0.25) is 0 Å².